The van der Waals surface area contributed by atoms with Gasteiger partial charge in [-0.1, -0.05) is 9.64 Å². The zero-order valence-corrected chi connectivity index (χ0v) is 25.4. The summed E-state index contributed by atoms with van der Waals surface area (Å²) in [6, 6.07) is -1.23. The number of fused-ring (bicyclic) bond motifs is 1. The predicted molar refractivity (Wildman–Crippen MR) is 150 cm³/mol. The lowest BCUT2D eigenvalue weighted by atomic mass is 9.98. The Balaban J connectivity index is 1.55. The lowest BCUT2D eigenvalue weighted by molar-refractivity contribution is -0.173. The summed E-state index contributed by atoms with van der Waals surface area (Å²) in [4.78, 5) is 61.5. The molecule has 0 bridgehead atoms. The van der Waals surface area contributed by atoms with Crippen molar-refractivity contribution in [3.05, 3.63) is 28.5 Å². The standard InChI is InChI=1S/C22H25N7O8S4/c1-22(2,3)20(33)37-9-36-19(32)15-10(6-38-12-5-24-28-40-12)8-41(34)18-14(17(31)29(15)18)26-16(30)13(27-35-4)11-7-39-21(23)25-11/h5,7,14,18H,6,8-9H2,1-4H3,(H2,23,25)(H,26,30)/t14-,18+,41?/m1/s1. The number of rotatable bonds is 10. The van der Waals surface area contributed by atoms with E-state index in [4.69, 9.17) is 20.0 Å². The lowest BCUT2D eigenvalue weighted by Crippen LogP contribution is -2.74. The van der Waals surface area contributed by atoms with Gasteiger partial charge in [-0.3, -0.25) is 23.5 Å². The number of aromatic nitrogens is 3. The van der Waals surface area contributed by atoms with Crippen molar-refractivity contribution in [2.24, 2.45) is 10.6 Å². The number of anilines is 1. The van der Waals surface area contributed by atoms with Gasteiger partial charge in [-0.2, -0.15) is 0 Å². The van der Waals surface area contributed by atoms with Crippen LogP contribution in [0.5, 0.6) is 0 Å². The molecule has 2 amide bonds. The van der Waals surface area contributed by atoms with Crippen molar-refractivity contribution in [3.63, 3.8) is 0 Å². The van der Waals surface area contributed by atoms with Gasteiger partial charge in [0.1, 0.15) is 34.1 Å². The molecule has 4 rings (SSSR count). The number of nitrogens with one attached hydrogen (secondary N) is 1. The number of carbonyl (C=O) groups excluding carboxylic acids is 4. The van der Waals surface area contributed by atoms with Crippen LogP contribution in [0.25, 0.3) is 0 Å². The summed E-state index contributed by atoms with van der Waals surface area (Å²) in [6.07, 6.45) is 1.54. The first-order valence-corrected chi connectivity index (χ1v) is 15.7. The van der Waals surface area contributed by atoms with E-state index < -0.39 is 58.2 Å². The van der Waals surface area contributed by atoms with E-state index in [0.717, 1.165) is 32.0 Å². The van der Waals surface area contributed by atoms with E-state index in [1.165, 1.54) is 30.4 Å². The molecule has 0 saturated carbocycles. The van der Waals surface area contributed by atoms with Crippen LogP contribution in [-0.4, -0.2) is 90.0 Å². The Labute approximate surface area is 248 Å². The van der Waals surface area contributed by atoms with Crippen molar-refractivity contribution in [1.29, 1.82) is 0 Å². The van der Waals surface area contributed by atoms with Crippen molar-refractivity contribution in [1.82, 2.24) is 24.8 Å². The first-order valence-electron chi connectivity index (χ1n) is 11.7. The van der Waals surface area contributed by atoms with E-state index in [0.29, 0.717) is 5.57 Å². The number of thioether (sulfide) groups is 1. The summed E-state index contributed by atoms with van der Waals surface area (Å²) < 4.78 is 28.1. The molecular weight excluding hydrogens is 619 g/mol. The molecule has 15 nitrogen and oxygen atoms in total. The minimum Gasteiger partial charge on any atom is -0.427 e. The molecule has 0 aliphatic carbocycles. The van der Waals surface area contributed by atoms with E-state index in [1.807, 2.05) is 0 Å². The first-order chi connectivity index (χ1) is 19.4. The third-order valence-corrected chi connectivity index (χ3v) is 9.82. The van der Waals surface area contributed by atoms with E-state index in [2.05, 4.69) is 25.0 Å². The van der Waals surface area contributed by atoms with Gasteiger partial charge in [-0.05, 0) is 37.9 Å². The van der Waals surface area contributed by atoms with Crippen LogP contribution >= 0.6 is 34.6 Å². The molecule has 1 fully saturated rings. The number of β-lactam (4-membered cyclic amide) rings is 1. The van der Waals surface area contributed by atoms with Crippen molar-refractivity contribution in [2.75, 3.05) is 31.1 Å². The minimum atomic E-state index is -1.70. The van der Waals surface area contributed by atoms with E-state index >= 15 is 0 Å². The molecule has 2 aromatic rings. The molecule has 0 radical (unpaired) electrons. The third kappa shape index (κ3) is 6.74. The normalized spacial score (nSPS) is 20.7. The molecule has 220 valence electrons. The largest absolute Gasteiger partial charge is 0.427 e. The van der Waals surface area contributed by atoms with Gasteiger partial charge >= 0.3 is 11.9 Å². The van der Waals surface area contributed by atoms with Gasteiger partial charge in [-0.15, -0.1) is 28.2 Å². The van der Waals surface area contributed by atoms with E-state index in [1.54, 1.807) is 20.8 Å². The van der Waals surface area contributed by atoms with Crippen molar-refractivity contribution in [3.8, 4) is 0 Å². The average Bonchev–Trinajstić information content (AvgIpc) is 3.59. The number of nitrogens with two attached hydrogens (primary N) is 1. The van der Waals surface area contributed by atoms with Crippen LogP contribution in [0.1, 0.15) is 26.5 Å². The monoisotopic (exact) mass is 643 g/mol. The second kappa shape index (κ2) is 12.6. The van der Waals surface area contributed by atoms with Crippen LogP contribution in [0.15, 0.2) is 32.2 Å². The highest BCUT2D eigenvalue weighted by molar-refractivity contribution is 8.01. The quantitative estimate of drug-likeness (QED) is 0.0904. The molecule has 1 unspecified atom stereocenters. The van der Waals surface area contributed by atoms with Gasteiger partial charge in [0.2, 0.25) is 6.79 Å². The highest BCUT2D eigenvalue weighted by Crippen LogP contribution is 2.37. The van der Waals surface area contributed by atoms with Crippen molar-refractivity contribution in [2.45, 2.75) is 36.4 Å². The minimum absolute atomic E-state index is 0.0755. The molecule has 3 N–H and O–H groups in total. The molecule has 4 heterocycles. The highest BCUT2D eigenvalue weighted by Gasteiger charge is 2.57. The molecule has 2 aliphatic heterocycles. The van der Waals surface area contributed by atoms with Crippen molar-refractivity contribution >= 4 is 80.0 Å². The molecule has 41 heavy (non-hydrogen) atoms. The molecule has 0 spiro atoms. The summed E-state index contributed by atoms with van der Waals surface area (Å²) in [7, 11) is -0.465. The molecule has 3 atom stereocenters. The van der Waals surface area contributed by atoms with Crippen LogP contribution in [0.4, 0.5) is 5.13 Å². The number of ether oxygens (including phenoxy) is 2. The third-order valence-electron chi connectivity index (χ3n) is 5.57. The summed E-state index contributed by atoms with van der Waals surface area (Å²) in [6.45, 7) is 4.25. The number of hydrogen-bond acceptors (Lipinski definition) is 16. The molecule has 2 aliphatic rings. The zero-order valence-electron chi connectivity index (χ0n) is 22.1. The summed E-state index contributed by atoms with van der Waals surface area (Å²) in [5, 5.41) is 10.6. The van der Waals surface area contributed by atoms with Crippen LogP contribution < -0.4 is 11.1 Å². The van der Waals surface area contributed by atoms with Crippen LogP contribution in [-0.2, 0) is 44.3 Å². The van der Waals surface area contributed by atoms with Gasteiger partial charge in [0.25, 0.3) is 11.8 Å². The number of nitrogen functional groups attached to an aromatic ring is 1. The Morgan fingerprint density at radius 3 is 2.68 bits per heavy atom. The second-order valence-corrected chi connectivity index (χ2v) is 14.0. The van der Waals surface area contributed by atoms with E-state index in [-0.39, 0.29) is 33.7 Å². The number of carbonyl (C=O) groups is 4. The summed E-state index contributed by atoms with van der Waals surface area (Å²) >= 11 is 3.51. The van der Waals surface area contributed by atoms with Crippen LogP contribution in [0.3, 0.4) is 0 Å². The topological polar surface area (TPSA) is 205 Å². The number of esters is 2. The van der Waals surface area contributed by atoms with Gasteiger partial charge < -0.3 is 25.4 Å². The molecule has 19 heteroatoms. The SMILES string of the molecule is CON=C(C(=O)N[C@@H]1C(=O)N2C(C(=O)OCOC(=O)C(C)(C)C)=C(CSc3cnns3)CS(=O)[C@@H]12)c1csc(N)n1. The molecule has 1 saturated heterocycles. The maximum Gasteiger partial charge on any atom is 0.357 e. The fourth-order valence-corrected chi connectivity index (χ4v) is 7.45. The summed E-state index contributed by atoms with van der Waals surface area (Å²) in [5.41, 5.74) is 4.98. The Hall–Kier alpha value is -3.42. The zero-order chi connectivity index (χ0) is 29.9. The second-order valence-electron chi connectivity index (χ2n) is 9.48. The highest BCUT2D eigenvalue weighted by atomic mass is 32.2. The average molecular weight is 644 g/mol. The molecule has 0 aromatic carbocycles. The Bertz CT molecular complexity index is 1430. The molecular formula is C22H25N7O8S4. The van der Waals surface area contributed by atoms with E-state index in [9.17, 15) is 23.4 Å². The molecule has 2 aromatic heterocycles. The Morgan fingerprint density at radius 1 is 1.32 bits per heavy atom. The van der Waals surface area contributed by atoms with Gasteiger partial charge in [0, 0.05) is 11.1 Å². The first kappa shape index (κ1) is 30.5. The number of thiazole rings is 1. The van der Waals surface area contributed by atoms with Gasteiger partial charge in [-0.25, -0.2) is 9.78 Å². The van der Waals surface area contributed by atoms with Crippen molar-refractivity contribution < 1.29 is 37.7 Å². The summed E-state index contributed by atoms with van der Waals surface area (Å²) in [5.74, 6) is -2.92. The lowest BCUT2D eigenvalue weighted by Gasteiger charge is -2.49. The van der Waals surface area contributed by atoms with Gasteiger partial charge in [0.05, 0.1) is 28.2 Å². The van der Waals surface area contributed by atoms with Crippen LogP contribution in [0.2, 0.25) is 0 Å². The maximum atomic E-state index is 13.3. The Morgan fingerprint density at radius 2 is 2.07 bits per heavy atom. The maximum absolute atomic E-state index is 13.3. The fraction of sp³-hybridized carbons (Fsp3) is 0.455. The number of hydrogen-bond donors (Lipinski definition) is 2. The Kier molecular flexibility index (Phi) is 9.40. The number of oxime groups is 1. The van der Waals surface area contributed by atoms with Crippen LogP contribution in [0, 0.1) is 5.41 Å². The number of nitrogens with zero attached hydrogens (tertiary/aromatic N) is 5. The predicted octanol–water partition coefficient (Wildman–Crippen LogP) is 0.479. The number of amides is 2. The van der Waals surface area contributed by atoms with Gasteiger partial charge in [0.15, 0.2) is 10.8 Å². The smallest absolute Gasteiger partial charge is 0.357 e. The fourth-order valence-electron chi connectivity index (χ4n) is 3.66.